The van der Waals surface area contributed by atoms with Crippen molar-refractivity contribution in [3.8, 4) is 11.5 Å². The molecule has 2 aromatic carbocycles. The summed E-state index contributed by atoms with van der Waals surface area (Å²) >= 11 is 6.19. The SMILES string of the molecule is COc1cc(/C=C2\SC(=S)NC2=O)ccc1OCc1cccc(F)c1. The second kappa shape index (κ2) is 7.67. The van der Waals surface area contributed by atoms with E-state index in [1.54, 1.807) is 30.3 Å². The van der Waals surface area contributed by atoms with Crippen LogP contribution in [0, 0.1) is 5.82 Å². The number of hydrogen-bond donors (Lipinski definition) is 1. The lowest BCUT2D eigenvalue weighted by Crippen LogP contribution is -2.17. The molecule has 0 radical (unpaired) electrons. The topological polar surface area (TPSA) is 47.6 Å². The van der Waals surface area contributed by atoms with Crippen molar-refractivity contribution in [3.63, 3.8) is 0 Å². The zero-order valence-electron chi connectivity index (χ0n) is 13.2. The van der Waals surface area contributed by atoms with Crippen molar-refractivity contribution in [1.82, 2.24) is 5.32 Å². The minimum atomic E-state index is -0.305. The number of carbonyl (C=O) groups is 1. The molecule has 0 aliphatic carbocycles. The maximum absolute atomic E-state index is 13.2. The number of hydrogen-bond acceptors (Lipinski definition) is 5. The molecular weight excluding hydrogens is 361 g/mol. The van der Waals surface area contributed by atoms with E-state index in [1.165, 1.54) is 31.0 Å². The normalized spacial score (nSPS) is 15.4. The summed E-state index contributed by atoms with van der Waals surface area (Å²) in [6.07, 6.45) is 1.73. The second-order valence-electron chi connectivity index (χ2n) is 5.18. The van der Waals surface area contributed by atoms with Crippen molar-refractivity contribution in [2.75, 3.05) is 7.11 Å². The number of halogens is 1. The first-order valence-electron chi connectivity index (χ1n) is 7.35. The Labute approximate surface area is 154 Å². The molecule has 0 spiro atoms. The zero-order valence-corrected chi connectivity index (χ0v) is 14.9. The Morgan fingerprint density at radius 1 is 1.24 bits per heavy atom. The summed E-state index contributed by atoms with van der Waals surface area (Å²) < 4.78 is 24.7. The highest BCUT2D eigenvalue weighted by Gasteiger charge is 2.22. The van der Waals surface area contributed by atoms with Gasteiger partial charge in [-0.3, -0.25) is 4.79 Å². The smallest absolute Gasteiger partial charge is 0.263 e. The van der Waals surface area contributed by atoms with Crippen molar-refractivity contribution < 1.29 is 18.7 Å². The summed E-state index contributed by atoms with van der Waals surface area (Å²) in [6.45, 7) is 0.223. The lowest BCUT2D eigenvalue weighted by molar-refractivity contribution is -0.115. The second-order valence-corrected chi connectivity index (χ2v) is 6.90. The Bertz CT molecular complexity index is 867. The first kappa shape index (κ1) is 17.4. The molecule has 1 fully saturated rings. The molecule has 1 aliphatic heterocycles. The minimum Gasteiger partial charge on any atom is -0.493 e. The number of benzene rings is 2. The van der Waals surface area contributed by atoms with E-state index in [9.17, 15) is 9.18 Å². The molecule has 1 saturated heterocycles. The zero-order chi connectivity index (χ0) is 17.8. The Hall–Kier alpha value is -2.38. The molecule has 0 atom stereocenters. The summed E-state index contributed by atoms with van der Waals surface area (Å²) in [6, 6.07) is 11.6. The van der Waals surface area contributed by atoms with E-state index < -0.39 is 0 Å². The van der Waals surface area contributed by atoms with Crippen LogP contribution in [0.15, 0.2) is 47.4 Å². The fraction of sp³-hybridized carbons (Fsp3) is 0.111. The molecule has 1 N–H and O–H groups in total. The third kappa shape index (κ3) is 4.37. The van der Waals surface area contributed by atoms with Gasteiger partial charge in [0.15, 0.2) is 11.5 Å². The standard InChI is InChI=1S/C18H14FNO3S2/c1-22-15-8-11(9-16-17(21)20-18(24)25-16)5-6-14(15)23-10-12-3-2-4-13(19)7-12/h2-9H,10H2,1H3,(H,20,21,24)/b16-9-. The third-order valence-corrected chi connectivity index (χ3v) is 4.57. The molecule has 25 heavy (non-hydrogen) atoms. The van der Waals surface area contributed by atoms with Crippen molar-refractivity contribution in [3.05, 3.63) is 64.3 Å². The van der Waals surface area contributed by atoms with Gasteiger partial charge in [-0.05, 0) is 41.5 Å². The number of ether oxygens (including phenoxy) is 2. The van der Waals surface area contributed by atoms with Gasteiger partial charge in [0.25, 0.3) is 5.91 Å². The van der Waals surface area contributed by atoms with Gasteiger partial charge in [-0.25, -0.2) is 4.39 Å². The van der Waals surface area contributed by atoms with Crippen molar-refractivity contribution in [2.45, 2.75) is 6.61 Å². The average Bonchev–Trinajstić information content (AvgIpc) is 2.91. The number of methoxy groups -OCH3 is 1. The quantitative estimate of drug-likeness (QED) is 0.634. The monoisotopic (exact) mass is 375 g/mol. The number of carbonyl (C=O) groups excluding carboxylic acids is 1. The lowest BCUT2D eigenvalue weighted by Gasteiger charge is -2.11. The summed E-state index contributed by atoms with van der Waals surface area (Å²) in [5.41, 5.74) is 1.51. The van der Waals surface area contributed by atoms with E-state index in [1.807, 2.05) is 6.07 Å². The molecule has 4 nitrogen and oxygen atoms in total. The number of rotatable bonds is 5. The van der Waals surface area contributed by atoms with Crippen molar-refractivity contribution in [2.24, 2.45) is 0 Å². The molecular formula is C18H14FNO3S2. The molecule has 0 bridgehead atoms. The van der Waals surface area contributed by atoms with Gasteiger partial charge >= 0.3 is 0 Å². The number of amides is 1. The number of thiocarbonyl (C=S) groups is 1. The predicted molar refractivity (Wildman–Crippen MR) is 100 cm³/mol. The highest BCUT2D eigenvalue weighted by molar-refractivity contribution is 8.26. The minimum absolute atomic E-state index is 0.208. The van der Waals surface area contributed by atoms with Gasteiger partial charge < -0.3 is 14.8 Å². The maximum Gasteiger partial charge on any atom is 0.263 e. The fourth-order valence-corrected chi connectivity index (χ4v) is 3.30. The van der Waals surface area contributed by atoms with Crippen LogP contribution in [0.3, 0.4) is 0 Å². The molecule has 0 unspecified atom stereocenters. The largest absolute Gasteiger partial charge is 0.493 e. The van der Waals surface area contributed by atoms with Crippen LogP contribution < -0.4 is 14.8 Å². The van der Waals surface area contributed by atoms with Crippen LogP contribution in [0.25, 0.3) is 6.08 Å². The Kier molecular flexibility index (Phi) is 5.35. The Morgan fingerprint density at radius 3 is 2.76 bits per heavy atom. The Morgan fingerprint density at radius 2 is 2.08 bits per heavy atom. The number of thioether (sulfide) groups is 1. The van der Waals surface area contributed by atoms with Gasteiger partial charge in [0.05, 0.1) is 12.0 Å². The molecule has 128 valence electrons. The predicted octanol–water partition coefficient (Wildman–Crippen LogP) is 3.90. The fourth-order valence-electron chi connectivity index (χ4n) is 2.25. The highest BCUT2D eigenvalue weighted by atomic mass is 32.2. The van der Waals surface area contributed by atoms with E-state index in [2.05, 4.69) is 5.32 Å². The van der Waals surface area contributed by atoms with E-state index >= 15 is 0 Å². The molecule has 1 amide bonds. The van der Waals surface area contributed by atoms with Crippen LogP contribution in [0.5, 0.6) is 11.5 Å². The summed E-state index contributed by atoms with van der Waals surface area (Å²) in [5, 5.41) is 2.57. The van der Waals surface area contributed by atoms with Crippen LogP contribution in [0.4, 0.5) is 4.39 Å². The van der Waals surface area contributed by atoms with Gasteiger partial charge in [-0.15, -0.1) is 0 Å². The van der Waals surface area contributed by atoms with Gasteiger partial charge in [0, 0.05) is 0 Å². The molecule has 1 aliphatic rings. The van der Waals surface area contributed by atoms with E-state index in [-0.39, 0.29) is 18.3 Å². The van der Waals surface area contributed by atoms with Gasteiger partial charge in [0.2, 0.25) is 0 Å². The van der Waals surface area contributed by atoms with Crippen LogP contribution in [-0.4, -0.2) is 17.3 Å². The molecule has 2 aromatic rings. The highest BCUT2D eigenvalue weighted by Crippen LogP contribution is 2.32. The molecule has 7 heteroatoms. The maximum atomic E-state index is 13.2. The molecule has 1 heterocycles. The molecule has 3 rings (SSSR count). The van der Waals surface area contributed by atoms with Crippen LogP contribution >= 0.6 is 24.0 Å². The summed E-state index contributed by atoms with van der Waals surface area (Å²) in [7, 11) is 1.54. The first-order valence-corrected chi connectivity index (χ1v) is 8.58. The van der Waals surface area contributed by atoms with Crippen LogP contribution in [0.2, 0.25) is 0 Å². The van der Waals surface area contributed by atoms with Gasteiger partial charge in [-0.2, -0.15) is 0 Å². The van der Waals surface area contributed by atoms with Crippen LogP contribution in [0.1, 0.15) is 11.1 Å². The molecule has 0 saturated carbocycles. The lowest BCUT2D eigenvalue weighted by atomic mass is 10.2. The van der Waals surface area contributed by atoms with Crippen molar-refractivity contribution in [1.29, 1.82) is 0 Å². The van der Waals surface area contributed by atoms with E-state index in [4.69, 9.17) is 21.7 Å². The number of nitrogens with one attached hydrogen (secondary N) is 1. The first-order chi connectivity index (χ1) is 12.0. The Balaban J connectivity index is 1.77. The third-order valence-electron chi connectivity index (χ3n) is 3.41. The summed E-state index contributed by atoms with van der Waals surface area (Å²) in [4.78, 5) is 12.3. The van der Waals surface area contributed by atoms with E-state index in [0.29, 0.717) is 20.7 Å². The summed E-state index contributed by atoms with van der Waals surface area (Å²) in [5.74, 6) is 0.547. The molecule has 0 aromatic heterocycles. The van der Waals surface area contributed by atoms with E-state index in [0.717, 1.165) is 11.1 Å². The van der Waals surface area contributed by atoms with Crippen molar-refractivity contribution >= 4 is 40.3 Å². The average molecular weight is 375 g/mol. The van der Waals surface area contributed by atoms with Crippen LogP contribution in [-0.2, 0) is 11.4 Å². The van der Waals surface area contributed by atoms with Gasteiger partial charge in [-0.1, -0.05) is 42.2 Å². The van der Waals surface area contributed by atoms with Gasteiger partial charge in [0.1, 0.15) is 16.7 Å².